The molecule has 1 fully saturated rings. The molecule has 2 aliphatic heterocycles. The molecule has 1 aromatic carbocycles. The number of fused-ring (bicyclic) bond motifs is 2. The number of rotatable bonds is 6. The lowest BCUT2D eigenvalue weighted by Gasteiger charge is -2.40. The van der Waals surface area contributed by atoms with E-state index in [-0.39, 0.29) is 23.1 Å². The number of carbonyl (C=O) groups is 1. The van der Waals surface area contributed by atoms with Crippen LogP contribution in [0.1, 0.15) is 42.4 Å². The Morgan fingerprint density at radius 1 is 1.13 bits per heavy atom. The molecule has 0 N–H and O–H groups in total. The van der Waals surface area contributed by atoms with Crippen LogP contribution in [0.4, 0.5) is 13.2 Å². The average molecular weight is 524 g/mol. The van der Waals surface area contributed by atoms with Gasteiger partial charge in [-0.05, 0) is 19.1 Å². The molecule has 11 heteroatoms. The van der Waals surface area contributed by atoms with Gasteiger partial charge in [-0.15, -0.1) is 0 Å². The monoisotopic (exact) mass is 523 g/mol. The molecule has 6 rings (SSSR count). The topological polar surface area (TPSA) is 72.1 Å². The van der Waals surface area contributed by atoms with Crippen molar-refractivity contribution >= 4 is 16.8 Å². The first-order chi connectivity index (χ1) is 18.3. The first-order valence-corrected chi connectivity index (χ1v) is 12.6. The summed E-state index contributed by atoms with van der Waals surface area (Å²) in [5, 5.41) is 4.69. The number of likely N-dealkylation sites (N-methyl/N-ethyl adjacent to an activating group) is 1. The number of aromatic nitrogens is 5. The van der Waals surface area contributed by atoms with Crippen molar-refractivity contribution in [2.24, 2.45) is 7.05 Å². The molecule has 0 unspecified atom stereocenters. The van der Waals surface area contributed by atoms with Crippen molar-refractivity contribution in [3.63, 3.8) is 0 Å². The Labute approximate surface area is 217 Å². The Kier molecular flexibility index (Phi) is 5.97. The van der Waals surface area contributed by atoms with Gasteiger partial charge in [-0.3, -0.25) is 14.4 Å². The SMILES string of the molecule is C[C@@H]1C(=O)N(C)Cc2c(-c3cccc4nc(-c5cnn(C)c5)c(C(F)F)cc34)nc(C3CN(CCF)C3)n21. The summed E-state index contributed by atoms with van der Waals surface area (Å²) in [6, 6.07) is 6.57. The first kappa shape index (κ1) is 24.6. The number of hydrogen-bond acceptors (Lipinski definition) is 5. The highest BCUT2D eigenvalue weighted by Crippen LogP contribution is 2.41. The van der Waals surface area contributed by atoms with E-state index < -0.39 is 19.1 Å². The molecule has 1 amide bonds. The van der Waals surface area contributed by atoms with Crippen LogP contribution >= 0.6 is 0 Å². The quantitative estimate of drug-likeness (QED) is 0.376. The Balaban J connectivity index is 1.53. The summed E-state index contributed by atoms with van der Waals surface area (Å²) in [7, 11) is 3.48. The minimum atomic E-state index is -2.73. The Morgan fingerprint density at radius 2 is 1.92 bits per heavy atom. The Morgan fingerprint density at radius 3 is 2.61 bits per heavy atom. The van der Waals surface area contributed by atoms with Crippen LogP contribution in [0, 0.1) is 0 Å². The van der Waals surface area contributed by atoms with Crippen LogP contribution in [-0.4, -0.2) is 73.4 Å². The number of nitrogens with zero attached hydrogens (tertiary/aromatic N) is 7. The third kappa shape index (κ3) is 3.87. The number of halogens is 3. The molecule has 4 aromatic rings. The fraction of sp³-hybridized carbons (Fsp3) is 0.407. The molecule has 38 heavy (non-hydrogen) atoms. The van der Waals surface area contributed by atoms with Gasteiger partial charge in [-0.1, -0.05) is 12.1 Å². The molecule has 5 heterocycles. The number of aryl methyl sites for hydroxylation is 1. The minimum absolute atomic E-state index is 0.0108. The summed E-state index contributed by atoms with van der Waals surface area (Å²) in [4.78, 5) is 26.3. The van der Waals surface area contributed by atoms with E-state index in [9.17, 15) is 18.0 Å². The lowest BCUT2D eigenvalue weighted by molar-refractivity contribution is -0.135. The maximum absolute atomic E-state index is 14.3. The lowest BCUT2D eigenvalue weighted by Crippen LogP contribution is -2.48. The number of benzene rings is 1. The van der Waals surface area contributed by atoms with E-state index in [0.717, 1.165) is 11.5 Å². The van der Waals surface area contributed by atoms with Crippen molar-refractivity contribution < 1.29 is 18.0 Å². The number of alkyl halides is 3. The second-order valence-corrected chi connectivity index (χ2v) is 10.2. The first-order valence-electron chi connectivity index (χ1n) is 12.6. The van der Waals surface area contributed by atoms with Crippen molar-refractivity contribution in [1.29, 1.82) is 0 Å². The molecule has 0 spiro atoms. The van der Waals surface area contributed by atoms with Crippen LogP contribution in [0.2, 0.25) is 0 Å². The van der Waals surface area contributed by atoms with E-state index in [4.69, 9.17) is 4.98 Å². The lowest BCUT2D eigenvalue weighted by atomic mass is 9.98. The third-order valence-electron chi connectivity index (χ3n) is 7.63. The van der Waals surface area contributed by atoms with E-state index in [1.807, 2.05) is 28.5 Å². The molecule has 1 saturated heterocycles. The largest absolute Gasteiger partial charge is 0.338 e. The van der Waals surface area contributed by atoms with Crippen molar-refractivity contribution in [3.05, 3.63) is 53.7 Å². The van der Waals surface area contributed by atoms with Gasteiger partial charge in [-0.25, -0.2) is 23.1 Å². The molecular weight excluding hydrogens is 495 g/mol. The molecule has 0 aliphatic carbocycles. The van der Waals surface area contributed by atoms with Gasteiger partial charge in [0.1, 0.15) is 18.5 Å². The second-order valence-electron chi connectivity index (χ2n) is 10.2. The van der Waals surface area contributed by atoms with E-state index in [1.165, 1.54) is 12.3 Å². The van der Waals surface area contributed by atoms with Crippen LogP contribution in [0.5, 0.6) is 0 Å². The number of carbonyl (C=O) groups excluding carboxylic acids is 1. The second kappa shape index (κ2) is 9.23. The van der Waals surface area contributed by atoms with Gasteiger partial charge >= 0.3 is 0 Å². The van der Waals surface area contributed by atoms with Gasteiger partial charge < -0.3 is 9.47 Å². The molecule has 2 aliphatic rings. The van der Waals surface area contributed by atoms with Gasteiger partial charge in [0, 0.05) is 67.9 Å². The molecule has 0 bridgehead atoms. The number of pyridine rings is 1. The summed E-state index contributed by atoms with van der Waals surface area (Å²) < 4.78 is 45.0. The van der Waals surface area contributed by atoms with Crippen LogP contribution in [0.3, 0.4) is 0 Å². The normalized spacial score (nSPS) is 18.4. The van der Waals surface area contributed by atoms with E-state index in [1.54, 1.807) is 35.9 Å². The van der Waals surface area contributed by atoms with Crippen LogP contribution in [0.15, 0.2) is 36.7 Å². The fourth-order valence-corrected chi connectivity index (χ4v) is 5.70. The van der Waals surface area contributed by atoms with Gasteiger partial charge in [0.25, 0.3) is 6.43 Å². The standard InChI is InChI=1S/C27H28F3N7O/c1-15-27(38)34(2)14-22-24(33-26(37(15)22)17-12-36(13-17)8-7-28)18-5-4-6-21-19(18)9-20(25(29)30)23(32-21)16-10-31-35(3)11-16/h4-6,9-11,15,17,25H,7-8,12-14H2,1-3H3/t15-/m1/s1. The highest BCUT2D eigenvalue weighted by molar-refractivity contribution is 5.96. The summed E-state index contributed by atoms with van der Waals surface area (Å²) in [6.45, 7) is 3.50. The van der Waals surface area contributed by atoms with Crippen LogP contribution < -0.4 is 0 Å². The highest BCUT2D eigenvalue weighted by Gasteiger charge is 2.39. The minimum Gasteiger partial charge on any atom is -0.338 e. The van der Waals surface area contributed by atoms with Gasteiger partial charge in [0.05, 0.1) is 35.3 Å². The fourth-order valence-electron chi connectivity index (χ4n) is 5.70. The van der Waals surface area contributed by atoms with Gasteiger partial charge in [0.2, 0.25) is 5.91 Å². The molecule has 198 valence electrons. The van der Waals surface area contributed by atoms with Gasteiger partial charge in [-0.2, -0.15) is 5.10 Å². The van der Waals surface area contributed by atoms with E-state index in [0.29, 0.717) is 53.9 Å². The molecule has 0 saturated carbocycles. The molecular formula is C27H28F3N7O. The number of likely N-dealkylation sites (tertiary alicyclic amines) is 1. The summed E-state index contributed by atoms with van der Waals surface area (Å²) in [5.41, 5.74) is 3.34. The van der Waals surface area contributed by atoms with Crippen molar-refractivity contribution in [3.8, 4) is 22.5 Å². The highest BCUT2D eigenvalue weighted by atomic mass is 19.3. The van der Waals surface area contributed by atoms with Crippen molar-refractivity contribution in [2.45, 2.75) is 31.9 Å². The predicted molar refractivity (Wildman–Crippen MR) is 136 cm³/mol. The zero-order chi connectivity index (χ0) is 26.7. The summed E-state index contributed by atoms with van der Waals surface area (Å²) >= 11 is 0. The summed E-state index contributed by atoms with van der Waals surface area (Å²) in [5.74, 6) is 0.836. The van der Waals surface area contributed by atoms with Crippen molar-refractivity contribution in [1.82, 2.24) is 34.1 Å². The maximum Gasteiger partial charge on any atom is 0.265 e. The molecule has 3 aromatic heterocycles. The molecule has 1 atom stereocenters. The smallest absolute Gasteiger partial charge is 0.265 e. The Bertz CT molecular complexity index is 1540. The predicted octanol–water partition coefficient (Wildman–Crippen LogP) is 4.34. The zero-order valence-electron chi connectivity index (χ0n) is 21.4. The van der Waals surface area contributed by atoms with Crippen LogP contribution in [-0.2, 0) is 18.4 Å². The number of amides is 1. The third-order valence-corrected chi connectivity index (χ3v) is 7.63. The van der Waals surface area contributed by atoms with E-state index >= 15 is 0 Å². The number of imidazole rings is 1. The molecule has 0 radical (unpaired) electrons. The Hall–Kier alpha value is -3.73. The maximum atomic E-state index is 14.3. The number of hydrogen-bond donors (Lipinski definition) is 0. The van der Waals surface area contributed by atoms with Gasteiger partial charge in [0.15, 0.2) is 0 Å². The summed E-state index contributed by atoms with van der Waals surface area (Å²) in [6.07, 6.45) is 0.462. The average Bonchev–Trinajstić information content (AvgIpc) is 3.47. The molecule has 8 nitrogen and oxygen atoms in total. The van der Waals surface area contributed by atoms with Crippen LogP contribution in [0.25, 0.3) is 33.4 Å². The zero-order valence-corrected chi connectivity index (χ0v) is 21.4. The van der Waals surface area contributed by atoms with Crippen molar-refractivity contribution in [2.75, 3.05) is 33.4 Å². The van der Waals surface area contributed by atoms with E-state index in [2.05, 4.69) is 10.1 Å².